The molecule has 1 aromatic carbocycles. The molecule has 55 heavy (non-hydrogen) atoms. The Morgan fingerprint density at radius 3 is 2.16 bits per heavy atom. The first-order valence-electron chi connectivity index (χ1n) is 17.9. The smallest absolute Gasteiger partial charge is 0.246 e. The van der Waals surface area contributed by atoms with Crippen molar-refractivity contribution in [1.82, 2.24) is 41.8 Å². The van der Waals surface area contributed by atoms with Gasteiger partial charge in [0.25, 0.3) is 0 Å². The van der Waals surface area contributed by atoms with Crippen LogP contribution in [0.25, 0.3) is 10.9 Å². The molecule has 0 spiro atoms. The molecule has 0 aliphatic carbocycles. The van der Waals surface area contributed by atoms with Crippen molar-refractivity contribution in [3.8, 4) is 0 Å². The molecule has 11 N–H and O–H groups in total. The maximum atomic E-state index is 14.3. The molecular weight excluding hydrogens is 740 g/mol. The van der Waals surface area contributed by atoms with Crippen LogP contribution in [0.5, 0.6) is 0 Å². The number of carbonyl (C=O) groups is 7. The van der Waals surface area contributed by atoms with Crippen LogP contribution in [0.1, 0.15) is 46.1 Å². The van der Waals surface area contributed by atoms with E-state index >= 15 is 0 Å². The summed E-state index contributed by atoms with van der Waals surface area (Å²) in [4.78, 5) is 101. The number of aromatic amines is 1. The number of thioether (sulfide) groups is 1. The van der Waals surface area contributed by atoms with Gasteiger partial charge in [-0.25, -0.2) is 0 Å². The third-order valence-corrected chi connectivity index (χ3v) is 11.0. The van der Waals surface area contributed by atoms with Gasteiger partial charge in [-0.3, -0.25) is 33.6 Å². The first-order chi connectivity index (χ1) is 25.9. The lowest BCUT2D eigenvalue weighted by atomic mass is 9.96. The predicted octanol–water partition coefficient (Wildman–Crippen LogP) is -3.75. The quantitative estimate of drug-likeness (QED) is 0.143. The number of carbonyl (C=O) groups excluding carboxylic acids is 7. The van der Waals surface area contributed by atoms with Gasteiger partial charge >= 0.3 is 0 Å². The average molecular weight is 789 g/mol. The molecule has 20 heteroatoms. The Balaban J connectivity index is 1.69. The number of fused-ring (bicyclic) bond motifs is 5. The summed E-state index contributed by atoms with van der Waals surface area (Å²) in [7, 11) is 0. The number of rotatable bonds is 4. The minimum absolute atomic E-state index is 0.170. The van der Waals surface area contributed by atoms with Gasteiger partial charge in [0.1, 0.15) is 42.3 Å². The first kappa shape index (κ1) is 41.4. The van der Waals surface area contributed by atoms with Gasteiger partial charge in [-0.05, 0) is 39.3 Å². The van der Waals surface area contributed by atoms with Crippen molar-refractivity contribution in [2.45, 2.75) is 112 Å². The van der Waals surface area contributed by atoms with Crippen molar-refractivity contribution in [2.75, 3.05) is 18.9 Å². The van der Waals surface area contributed by atoms with E-state index in [1.807, 2.05) is 0 Å². The number of aliphatic hydroxyl groups is 4. The van der Waals surface area contributed by atoms with Crippen molar-refractivity contribution >= 4 is 64.0 Å². The summed E-state index contributed by atoms with van der Waals surface area (Å²) in [6.45, 7) is 4.02. The number of nitrogens with zero attached hydrogens (tertiary/aromatic N) is 1. The number of aliphatic hydroxyl groups excluding tert-OH is 3. The van der Waals surface area contributed by atoms with Gasteiger partial charge in [0, 0.05) is 42.5 Å². The molecule has 0 radical (unpaired) electrons. The van der Waals surface area contributed by atoms with Crippen molar-refractivity contribution in [1.29, 1.82) is 0 Å². The van der Waals surface area contributed by atoms with E-state index in [9.17, 15) is 54.0 Å². The fraction of sp³-hybridized carbons (Fsp3) is 0.571. The zero-order chi connectivity index (χ0) is 40.4. The monoisotopic (exact) mass is 788 g/mol. The van der Waals surface area contributed by atoms with Gasteiger partial charge in [0.05, 0.1) is 29.4 Å². The second-order valence-corrected chi connectivity index (χ2v) is 15.6. The standard InChI is InChI=1S/C35H48N8O11S/c1-15-27(47)38-22-10-20-19-7-5-6-8-21(19)41-33(20)55-13-24(34(53)43-12-18(46)9-25(43)31(51)37-15)40-32(52)26(17(3)45)42-28(48)16(2)36-30(50)23(39-29(22)49)11-35(4,54)14-44/h5-8,15-18,22-26,41,44-46,54H,9-14H2,1-4H3,(H,36,50)(H,37,51)(H,38,47)(H,39,49)(H,40,52)(H,42,48)/t15-,16+,17+,18-,22+,23+,24-,25-,26-,35+/m0/s1. The topological polar surface area (TPSA) is 292 Å². The Hall–Kier alpha value is -4.76. The Kier molecular flexibility index (Phi) is 12.8. The summed E-state index contributed by atoms with van der Waals surface area (Å²) in [6, 6.07) is -2.86. The normalized spacial score (nSPS) is 30.8. The van der Waals surface area contributed by atoms with Gasteiger partial charge in [-0.2, -0.15) is 0 Å². The number of para-hydroxylation sites is 1. The predicted molar refractivity (Wildman–Crippen MR) is 196 cm³/mol. The van der Waals surface area contributed by atoms with Crippen LogP contribution >= 0.6 is 11.8 Å². The summed E-state index contributed by atoms with van der Waals surface area (Å²) in [5.74, 6) is -6.26. The highest BCUT2D eigenvalue weighted by molar-refractivity contribution is 7.99. The summed E-state index contributed by atoms with van der Waals surface area (Å²) >= 11 is 1.08. The van der Waals surface area contributed by atoms with Crippen LogP contribution in [0.2, 0.25) is 0 Å². The fourth-order valence-corrected chi connectivity index (χ4v) is 7.85. The maximum absolute atomic E-state index is 14.3. The van der Waals surface area contributed by atoms with Crippen molar-refractivity contribution in [3.05, 3.63) is 29.8 Å². The second-order valence-electron chi connectivity index (χ2n) is 14.6. The van der Waals surface area contributed by atoms with Crippen molar-refractivity contribution in [3.63, 3.8) is 0 Å². The number of aromatic nitrogens is 1. The van der Waals surface area contributed by atoms with Crippen molar-refractivity contribution in [2.24, 2.45) is 0 Å². The molecule has 3 aliphatic rings. The summed E-state index contributed by atoms with van der Waals surface area (Å²) < 4.78 is 0. The molecule has 1 aromatic heterocycles. The van der Waals surface area contributed by atoms with Crippen LogP contribution in [0.3, 0.4) is 0 Å². The second kappa shape index (κ2) is 16.9. The van der Waals surface area contributed by atoms with Crippen LogP contribution in [-0.2, 0) is 40.0 Å². The van der Waals surface area contributed by atoms with E-state index in [0.717, 1.165) is 16.7 Å². The van der Waals surface area contributed by atoms with Crippen LogP contribution < -0.4 is 31.9 Å². The molecule has 3 aliphatic heterocycles. The SMILES string of the molecule is C[C@@H]1NC(=O)[C@@H]2C[C@H](O)CN2C(=O)[C@@H]2CSc3[nH]c4ccccc4c3C[C@@H](NC1=O)C(=O)N[C@H](C[C@@](C)(O)CO)C(=O)N[C@H](C)C(=O)N[C@@H]([C@@H](C)O)C(=O)N2. The van der Waals surface area contributed by atoms with Gasteiger partial charge < -0.3 is 62.2 Å². The van der Waals surface area contributed by atoms with Crippen LogP contribution in [0.15, 0.2) is 29.3 Å². The lowest BCUT2D eigenvalue weighted by molar-refractivity contribution is -0.142. The van der Waals surface area contributed by atoms with Crippen molar-refractivity contribution < 1.29 is 54.0 Å². The van der Waals surface area contributed by atoms with E-state index in [-0.39, 0.29) is 25.1 Å². The third kappa shape index (κ3) is 9.55. The highest BCUT2D eigenvalue weighted by Gasteiger charge is 2.44. The fourth-order valence-electron chi connectivity index (χ4n) is 6.74. The highest BCUT2D eigenvalue weighted by Crippen LogP contribution is 2.32. The maximum Gasteiger partial charge on any atom is 0.246 e. The number of hydrogen-bond donors (Lipinski definition) is 11. The largest absolute Gasteiger partial charge is 0.393 e. The Bertz CT molecular complexity index is 1840. The molecule has 7 amide bonds. The summed E-state index contributed by atoms with van der Waals surface area (Å²) in [6.07, 6.45) is -3.53. The van der Waals surface area contributed by atoms with Crippen LogP contribution in [-0.4, -0.2) is 151 Å². The molecule has 2 bridgehead atoms. The number of hydrogen-bond acceptors (Lipinski definition) is 12. The van der Waals surface area contributed by atoms with E-state index < -0.39 is 114 Å². The Morgan fingerprint density at radius 1 is 0.855 bits per heavy atom. The Labute approximate surface area is 320 Å². The van der Waals surface area contributed by atoms with E-state index in [2.05, 4.69) is 36.9 Å². The number of amides is 7. The summed E-state index contributed by atoms with van der Waals surface area (Å²) in [5.41, 5.74) is -0.741. The lowest BCUT2D eigenvalue weighted by Crippen LogP contribution is -2.61. The lowest BCUT2D eigenvalue weighted by Gasteiger charge is -2.31. The Morgan fingerprint density at radius 2 is 1.49 bits per heavy atom. The van der Waals surface area contributed by atoms with E-state index in [1.165, 1.54) is 27.7 Å². The van der Waals surface area contributed by atoms with E-state index in [4.69, 9.17) is 0 Å². The molecular formula is C35H48N8O11S. The molecule has 1 saturated heterocycles. The molecule has 5 rings (SSSR count). The zero-order valence-corrected chi connectivity index (χ0v) is 31.6. The minimum atomic E-state index is -1.90. The molecule has 10 atom stereocenters. The minimum Gasteiger partial charge on any atom is -0.393 e. The number of benzene rings is 1. The van der Waals surface area contributed by atoms with Crippen LogP contribution in [0, 0.1) is 0 Å². The summed E-state index contributed by atoms with van der Waals surface area (Å²) in [5, 5.41) is 58.1. The van der Waals surface area contributed by atoms with E-state index in [1.54, 1.807) is 24.3 Å². The molecule has 300 valence electrons. The van der Waals surface area contributed by atoms with Gasteiger partial charge in [-0.15, -0.1) is 11.8 Å². The molecule has 0 saturated carbocycles. The number of nitrogens with one attached hydrogen (secondary N) is 7. The molecule has 19 nitrogen and oxygen atoms in total. The average Bonchev–Trinajstić information content (AvgIpc) is 3.69. The van der Waals surface area contributed by atoms with Gasteiger partial charge in [0.15, 0.2) is 0 Å². The molecule has 1 fully saturated rings. The first-order valence-corrected chi connectivity index (χ1v) is 18.9. The zero-order valence-electron chi connectivity index (χ0n) is 30.8. The van der Waals surface area contributed by atoms with Crippen LogP contribution in [0.4, 0.5) is 0 Å². The third-order valence-electron chi connectivity index (χ3n) is 9.87. The molecule has 0 unspecified atom stereocenters. The van der Waals surface area contributed by atoms with E-state index in [0.29, 0.717) is 21.5 Å². The van der Waals surface area contributed by atoms with Gasteiger partial charge in [-0.1, -0.05) is 18.2 Å². The highest BCUT2D eigenvalue weighted by atomic mass is 32.2. The number of H-pyrrole nitrogens is 1. The van der Waals surface area contributed by atoms with Gasteiger partial charge in [0.2, 0.25) is 41.4 Å². The molecule has 2 aromatic rings. The molecule has 4 heterocycles.